The molecule has 0 fully saturated rings. The Morgan fingerprint density at radius 2 is 2.00 bits per heavy atom. The summed E-state index contributed by atoms with van der Waals surface area (Å²) in [6.45, 7) is 10.4. The van der Waals surface area contributed by atoms with E-state index in [0.29, 0.717) is 12.5 Å². The minimum atomic E-state index is -0.409. The second-order valence-corrected chi connectivity index (χ2v) is 6.12. The van der Waals surface area contributed by atoms with Crippen LogP contribution in [0.1, 0.15) is 44.7 Å². The second kappa shape index (κ2) is 8.25. The first-order valence-electron chi connectivity index (χ1n) is 6.99. The minimum absolute atomic E-state index is 0. The van der Waals surface area contributed by atoms with Gasteiger partial charge in [-0.3, -0.25) is 4.79 Å². The van der Waals surface area contributed by atoms with E-state index in [1.165, 1.54) is 0 Å². The molecule has 0 aromatic heterocycles. The maximum atomic E-state index is 11.9. The van der Waals surface area contributed by atoms with E-state index in [4.69, 9.17) is 10.5 Å². The van der Waals surface area contributed by atoms with Crippen LogP contribution in [0.4, 0.5) is 0 Å². The molecule has 4 nitrogen and oxygen atoms in total. The van der Waals surface area contributed by atoms with Gasteiger partial charge in [-0.25, -0.2) is 0 Å². The van der Waals surface area contributed by atoms with Crippen LogP contribution in [0.15, 0.2) is 18.2 Å². The summed E-state index contributed by atoms with van der Waals surface area (Å²) in [7, 11) is 0. The molecule has 1 aromatic rings. The lowest BCUT2D eigenvalue weighted by Crippen LogP contribution is -2.50. The van der Waals surface area contributed by atoms with Crippen molar-refractivity contribution in [1.82, 2.24) is 5.32 Å². The molecule has 0 unspecified atom stereocenters. The number of ether oxygens (including phenoxy) is 1. The van der Waals surface area contributed by atoms with E-state index in [2.05, 4.69) is 31.3 Å². The van der Waals surface area contributed by atoms with Crippen molar-refractivity contribution in [3.8, 4) is 5.75 Å². The summed E-state index contributed by atoms with van der Waals surface area (Å²) in [4.78, 5) is 11.9. The Labute approximate surface area is 133 Å². The van der Waals surface area contributed by atoms with Crippen molar-refractivity contribution in [2.24, 2.45) is 5.73 Å². The van der Waals surface area contributed by atoms with Gasteiger partial charge in [0, 0.05) is 12.1 Å². The van der Waals surface area contributed by atoms with Gasteiger partial charge in [-0.15, -0.1) is 12.4 Å². The molecule has 3 N–H and O–H groups in total. The van der Waals surface area contributed by atoms with Crippen molar-refractivity contribution in [3.05, 3.63) is 29.3 Å². The van der Waals surface area contributed by atoms with Gasteiger partial charge in [-0.2, -0.15) is 0 Å². The van der Waals surface area contributed by atoms with Crippen LogP contribution in [0.5, 0.6) is 5.75 Å². The van der Waals surface area contributed by atoms with Crippen LogP contribution in [-0.2, 0) is 4.79 Å². The van der Waals surface area contributed by atoms with Gasteiger partial charge >= 0.3 is 0 Å². The molecule has 1 rings (SSSR count). The molecule has 1 amide bonds. The van der Waals surface area contributed by atoms with E-state index in [9.17, 15) is 4.79 Å². The van der Waals surface area contributed by atoms with Gasteiger partial charge in [0.15, 0.2) is 6.61 Å². The lowest BCUT2D eigenvalue weighted by Gasteiger charge is -2.24. The van der Waals surface area contributed by atoms with Crippen molar-refractivity contribution in [1.29, 1.82) is 0 Å². The normalized spacial score (nSPS) is 11.0. The van der Waals surface area contributed by atoms with Crippen LogP contribution in [0.3, 0.4) is 0 Å². The average molecular weight is 315 g/mol. The predicted octanol–water partition coefficient (Wildman–Crippen LogP) is 2.77. The number of nitrogens with two attached hydrogens (primary N) is 1. The maximum Gasteiger partial charge on any atom is 0.258 e. The highest BCUT2D eigenvalue weighted by atomic mass is 35.5. The molecule has 0 saturated heterocycles. The standard InChI is InChI=1S/C16H26N2O2.ClH/c1-11(2)13-7-6-12(3)8-14(13)20-9-15(19)18-16(4,5)10-17;/h6-8,11H,9-10,17H2,1-5H3,(H,18,19);1H. The number of rotatable bonds is 6. The number of carbonyl (C=O) groups is 1. The number of hydrogen-bond acceptors (Lipinski definition) is 3. The van der Waals surface area contributed by atoms with Gasteiger partial charge < -0.3 is 15.8 Å². The highest BCUT2D eigenvalue weighted by Crippen LogP contribution is 2.27. The Kier molecular flexibility index (Phi) is 7.75. The summed E-state index contributed by atoms with van der Waals surface area (Å²) in [5.41, 5.74) is 7.41. The summed E-state index contributed by atoms with van der Waals surface area (Å²) in [6.07, 6.45) is 0. The van der Waals surface area contributed by atoms with Crippen LogP contribution in [-0.4, -0.2) is 24.6 Å². The maximum absolute atomic E-state index is 11.9. The van der Waals surface area contributed by atoms with E-state index in [0.717, 1.165) is 16.9 Å². The van der Waals surface area contributed by atoms with E-state index in [1.54, 1.807) is 0 Å². The highest BCUT2D eigenvalue weighted by Gasteiger charge is 2.18. The van der Waals surface area contributed by atoms with Gasteiger partial charge in [0.05, 0.1) is 0 Å². The van der Waals surface area contributed by atoms with E-state index in [-0.39, 0.29) is 24.9 Å². The quantitative estimate of drug-likeness (QED) is 0.848. The van der Waals surface area contributed by atoms with Crippen molar-refractivity contribution < 1.29 is 9.53 Å². The highest BCUT2D eigenvalue weighted by molar-refractivity contribution is 5.85. The third kappa shape index (κ3) is 6.36. The van der Waals surface area contributed by atoms with Crippen molar-refractivity contribution in [3.63, 3.8) is 0 Å². The van der Waals surface area contributed by atoms with E-state index in [1.807, 2.05) is 26.8 Å². The molecule has 0 aliphatic rings. The molecule has 0 aliphatic carbocycles. The summed E-state index contributed by atoms with van der Waals surface area (Å²) in [5.74, 6) is 0.978. The number of amides is 1. The first-order valence-corrected chi connectivity index (χ1v) is 6.99. The predicted molar refractivity (Wildman–Crippen MR) is 89.3 cm³/mol. The fourth-order valence-electron chi connectivity index (χ4n) is 1.85. The lowest BCUT2D eigenvalue weighted by molar-refractivity contribution is -0.124. The number of hydrogen-bond donors (Lipinski definition) is 2. The molecule has 0 heterocycles. The Morgan fingerprint density at radius 1 is 1.38 bits per heavy atom. The Bertz CT molecular complexity index is 473. The zero-order chi connectivity index (χ0) is 15.3. The topological polar surface area (TPSA) is 64.3 Å². The molecule has 0 saturated carbocycles. The zero-order valence-electron chi connectivity index (χ0n) is 13.5. The average Bonchev–Trinajstić information content (AvgIpc) is 2.35. The molecule has 0 spiro atoms. The van der Waals surface area contributed by atoms with Crippen LogP contribution < -0.4 is 15.8 Å². The number of carbonyl (C=O) groups excluding carboxylic acids is 1. The number of benzene rings is 1. The van der Waals surface area contributed by atoms with Crippen LogP contribution in [0, 0.1) is 6.92 Å². The van der Waals surface area contributed by atoms with Gasteiger partial charge in [0.1, 0.15) is 5.75 Å². The SMILES string of the molecule is Cc1ccc(C(C)C)c(OCC(=O)NC(C)(C)CN)c1.Cl. The van der Waals surface area contributed by atoms with Gasteiger partial charge in [-0.05, 0) is 43.9 Å². The Hall–Kier alpha value is -1.26. The van der Waals surface area contributed by atoms with Crippen molar-refractivity contribution in [2.75, 3.05) is 13.2 Å². The van der Waals surface area contributed by atoms with Crippen molar-refractivity contribution in [2.45, 2.75) is 46.1 Å². The summed E-state index contributed by atoms with van der Waals surface area (Å²) < 4.78 is 5.68. The summed E-state index contributed by atoms with van der Waals surface area (Å²) >= 11 is 0. The number of nitrogens with one attached hydrogen (secondary N) is 1. The number of halogens is 1. The second-order valence-electron chi connectivity index (χ2n) is 6.12. The van der Waals surface area contributed by atoms with Crippen molar-refractivity contribution >= 4 is 18.3 Å². The largest absolute Gasteiger partial charge is 0.483 e. The van der Waals surface area contributed by atoms with Gasteiger partial charge in [0.25, 0.3) is 5.91 Å². The smallest absolute Gasteiger partial charge is 0.258 e. The molecule has 5 heteroatoms. The van der Waals surface area contributed by atoms with Gasteiger partial charge in [0.2, 0.25) is 0 Å². The summed E-state index contributed by atoms with van der Waals surface area (Å²) in [6, 6.07) is 6.08. The fourth-order valence-corrected chi connectivity index (χ4v) is 1.85. The Balaban J connectivity index is 0.00000400. The molecule has 0 aliphatic heterocycles. The molecular weight excluding hydrogens is 288 g/mol. The van der Waals surface area contributed by atoms with E-state index >= 15 is 0 Å². The number of aryl methyl sites for hydroxylation is 1. The zero-order valence-corrected chi connectivity index (χ0v) is 14.3. The first-order chi connectivity index (χ1) is 9.25. The molecule has 0 atom stereocenters. The molecule has 1 aromatic carbocycles. The summed E-state index contributed by atoms with van der Waals surface area (Å²) in [5, 5.41) is 2.85. The molecule has 0 radical (unpaired) electrons. The molecular formula is C16H27ClN2O2. The molecule has 120 valence electrons. The monoisotopic (exact) mass is 314 g/mol. The third-order valence-electron chi connectivity index (χ3n) is 3.14. The fraction of sp³-hybridized carbons (Fsp3) is 0.562. The van der Waals surface area contributed by atoms with Crippen LogP contribution >= 0.6 is 12.4 Å². The van der Waals surface area contributed by atoms with Crippen LogP contribution in [0.2, 0.25) is 0 Å². The van der Waals surface area contributed by atoms with E-state index < -0.39 is 5.54 Å². The minimum Gasteiger partial charge on any atom is -0.483 e. The molecule has 0 bridgehead atoms. The van der Waals surface area contributed by atoms with Crippen LogP contribution in [0.25, 0.3) is 0 Å². The van der Waals surface area contributed by atoms with Gasteiger partial charge in [-0.1, -0.05) is 26.0 Å². The molecule has 21 heavy (non-hydrogen) atoms. The first kappa shape index (κ1) is 19.7. The Morgan fingerprint density at radius 3 is 2.52 bits per heavy atom. The third-order valence-corrected chi connectivity index (χ3v) is 3.14. The lowest BCUT2D eigenvalue weighted by atomic mass is 10.0.